The molecule has 17 heavy (non-hydrogen) atoms. The molecule has 0 aliphatic carbocycles. The van der Waals surface area contributed by atoms with Crippen molar-refractivity contribution in [2.24, 2.45) is 0 Å². The second-order valence-electron chi connectivity index (χ2n) is 3.91. The fourth-order valence-corrected chi connectivity index (χ4v) is 1.48. The molecule has 1 aromatic heterocycles. The summed E-state index contributed by atoms with van der Waals surface area (Å²) in [5.74, 6) is -1.31. The van der Waals surface area contributed by atoms with Gasteiger partial charge in [-0.15, -0.1) is 0 Å². The first-order chi connectivity index (χ1) is 8.02. The number of aromatic nitrogens is 1. The van der Waals surface area contributed by atoms with E-state index in [1.165, 1.54) is 4.90 Å². The van der Waals surface area contributed by atoms with Crippen LogP contribution in [0, 0.1) is 0 Å². The van der Waals surface area contributed by atoms with Crippen LogP contribution in [0.4, 0.5) is 0 Å². The first-order valence-corrected chi connectivity index (χ1v) is 5.39. The topological polar surface area (TPSA) is 70.5 Å². The third-order valence-electron chi connectivity index (χ3n) is 2.59. The molecule has 0 fully saturated rings. The van der Waals surface area contributed by atoms with Gasteiger partial charge >= 0.3 is 5.97 Å². The first-order valence-electron chi connectivity index (χ1n) is 5.39. The predicted molar refractivity (Wildman–Crippen MR) is 62.5 cm³/mol. The van der Waals surface area contributed by atoms with E-state index in [1.807, 2.05) is 6.07 Å². The predicted octanol–water partition coefficient (Wildman–Crippen LogP) is 1.12. The Morgan fingerprint density at radius 1 is 1.53 bits per heavy atom. The Morgan fingerprint density at radius 3 is 2.76 bits per heavy atom. The second kappa shape index (κ2) is 5.98. The third-order valence-corrected chi connectivity index (χ3v) is 2.59. The minimum absolute atomic E-state index is 0.0397. The summed E-state index contributed by atoms with van der Waals surface area (Å²) in [5, 5.41) is 8.55. The number of aliphatic carboxylic acids is 1. The lowest BCUT2D eigenvalue weighted by Crippen LogP contribution is -2.32. The molecule has 0 bridgehead atoms. The number of rotatable bonds is 5. The summed E-state index contributed by atoms with van der Waals surface area (Å²) in [6, 6.07) is 3.61. The van der Waals surface area contributed by atoms with Gasteiger partial charge in [-0.3, -0.25) is 14.6 Å². The minimum atomic E-state index is -0.904. The molecule has 5 nitrogen and oxygen atoms in total. The average Bonchev–Trinajstić information content (AvgIpc) is 2.35. The second-order valence-corrected chi connectivity index (χ2v) is 3.91. The monoisotopic (exact) mass is 236 g/mol. The summed E-state index contributed by atoms with van der Waals surface area (Å²) in [5.41, 5.74) is 0.833. The molecule has 92 valence electrons. The van der Waals surface area contributed by atoms with Gasteiger partial charge in [0, 0.05) is 26.0 Å². The molecule has 0 radical (unpaired) electrons. The summed E-state index contributed by atoms with van der Waals surface area (Å²) in [6.07, 6.45) is 3.25. The Labute approximate surface area is 100 Å². The lowest BCUT2D eigenvalue weighted by molar-refractivity contribution is -0.138. The molecule has 1 heterocycles. The maximum atomic E-state index is 12.0. The van der Waals surface area contributed by atoms with E-state index >= 15 is 0 Å². The Hall–Kier alpha value is -1.91. The quantitative estimate of drug-likeness (QED) is 0.831. The van der Waals surface area contributed by atoms with Crippen LogP contribution in [0.15, 0.2) is 24.5 Å². The largest absolute Gasteiger partial charge is 0.481 e. The van der Waals surface area contributed by atoms with Gasteiger partial charge < -0.3 is 10.0 Å². The van der Waals surface area contributed by atoms with E-state index < -0.39 is 5.97 Å². The summed E-state index contributed by atoms with van der Waals surface area (Å²) in [4.78, 5) is 27.8. The van der Waals surface area contributed by atoms with E-state index in [-0.39, 0.29) is 24.8 Å². The van der Waals surface area contributed by atoms with E-state index in [1.54, 1.807) is 32.4 Å². The molecular weight excluding hydrogens is 220 g/mol. The summed E-state index contributed by atoms with van der Waals surface area (Å²) in [7, 11) is 1.61. The summed E-state index contributed by atoms with van der Waals surface area (Å²) in [6.45, 7) is 2.01. The molecule has 0 saturated carbocycles. The molecule has 0 aliphatic heterocycles. The zero-order valence-corrected chi connectivity index (χ0v) is 9.96. The number of nitrogens with zero attached hydrogens (tertiary/aromatic N) is 2. The smallest absolute Gasteiger partial charge is 0.305 e. The van der Waals surface area contributed by atoms with E-state index in [4.69, 9.17) is 5.11 Å². The van der Waals surface area contributed by atoms with Gasteiger partial charge in [-0.25, -0.2) is 0 Å². The van der Waals surface area contributed by atoms with E-state index in [9.17, 15) is 9.59 Å². The Bertz CT molecular complexity index is 392. The Morgan fingerprint density at radius 2 is 2.24 bits per heavy atom. The van der Waals surface area contributed by atoms with Crippen molar-refractivity contribution in [2.75, 3.05) is 13.6 Å². The normalized spacial score (nSPS) is 11.9. The molecular formula is C12H16N2O3. The van der Waals surface area contributed by atoms with Gasteiger partial charge in [0.2, 0.25) is 5.91 Å². The molecule has 0 spiro atoms. The first kappa shape index (κ1) is 13.2. The van der Waals surface area contributed by atoms with Crippen molar-refractivity contribution in [1.82, 2.24) is 9.88 Å². The van der Waals surface area contributed by atoms with Crippen molar-refractivity contribution < 1.29 is 14.7 Å². The standard InChI is InChI=1S/C12H16N2O3/c1-9(10-4-3-6-13-8-10)12(17)14(2)7-5-11(15)16/h3-4,6,8-9H,5,7H2,1-2H3,(H,15,16). The lowest BCUT2D eigenvalue weighted by Gasteiger charge is -2.20. The van der Waals surface area contributed by atoms with Gasteiger partial charge in [-0.1, -0.05) is 6.07 Å². The van der Waals surface area contributed by atoms with Crippen LogP contribution in [0.3, 0.4) is 0 Å². The molecule has 1 aromatic rings. The molecule has 1 atom stereocenters. The molecule has 1 amide bonds. The highest BCUT2D eigenvalue weighted by Crippen LogP contribution is 2.15. The molecule has 1 rings (SSSR count). The number of carbonyl (C=O) groups is 2. The number of carboxylic acid groups (broad SMARTS) is 1. The molecule has 5 heteroatoms. The van der Waals surface area contributed by atoms with Gasteiger partial charge in [0.05, 0.1) is 12.3 Å². The number of amides is 1. The number of likely N-dealkylation sites (N-methyl/N-ethyl adjacent to an activating group) is 1. The number of carboxylic acids is 1. The Balaban J connectivity index is 2.60. The van der Waals surface area contributed by atoms with Crippen LogP contribution in [0.2, 0.25) is 0 Å². The van der Waals surface area contributed by atoms with Crippen molar-refractivity contribution >= 4 is 11.9 Å². The van der Waals surface area contributed by atoms with E-state index in [0.29, 0.717) is 0 Å². The van der Waals surface area contributed by atoms with Gasteiger partial charge in [0.1, 0.15) is 0 Å². The van der Waals surface area contributed by atoms with Crippen LogP contribution in [-0.4, -0.2) is 40.5 Å². The van der Waals surface area contributed by atoms with Crippen LogP contribution in [0.25, 0.3) is 0 Å². The van der Waals surface area contributed by atoms with Crippen molar-refractivity contribution in [2.45, 2.75) is 19.3 Å². The van der Waals surface area contributed by atoms with Crippen molar-refractivity contribution in [3.8, 4) is 0 Å². The SMILES string of the molecule is CC(C(=O)N(C)CCC(=O)O)c1cccnc1. The third kappa shape index (κ3) is 3.86. The van der Waals surface area contributed by atoms with Crippen LogP contribution < -0.4 is 0 Å². The lowest BCUT2D eigenvalue weighted by atomic mass is 10.0. The summed E-state index contributed by atoms with van der Waals surface area (Å²) < 4.78 is 0. The highest BCUT2D eigenvalue weighted by atomic mass is 16.4. The molecule has 0 aromatic carbocycles. The molecule has 0 saturated heterocycles. The van der Waals surface area contributed by atoms with Crippen molar-refractivity contribution in [3.63, 3.8) is 0 Å². The minimum Gasteiger partial charge on any atom is -0.481 e. The van der Waals surface area contributed by atoms with Crippen LogP contribution in [0.5, 0.6) is 0 Å². The highest BCUT2D eigenvalue weighted by Gasteiger charge is 2.19. The number of hydrogen-bond donors (Lipinski definition) is 1. The fraction of sp³-hybridized carbons (Fsp3) is 0.417. The van der Waals surface area contributed by atoms with E-state index in [2.05, 4.69) is 4.98 Å². The van der Waals surface area contributed by atoms with E-state index in [0.717, 1.165) is 5.56 Å². The zero-order valence-electron chi connectivity index (χ0n) is 9.96. The maximum Gasteiger partial charge on any atom is 0.305 e. The van der Waals surface area contributed by atoms with Gasteiger partial charge in [0.15, 0.2) is 0 Å². The zero-order chi connectivity index (χ0) is 12.8. The summed E-state index contributed by atoms with van der Waals surface area (Å²) >= 11 is 0. The average molecular weight is 236 g/mol. The molecule has 1 unspecified atom stereocenters. The van der Waals surface area contributed by atoms with Gasteiger partial charge in [0.25, 0.3) is 0 Å². The van der Waals surface area contributed by atoms with Crippen molar-refractivity contribution in [3.05, 3.63) is 30.1 Å². The molecule has 0 aliphatic rings. The number of pyridine rings is 1. The fourth-order valence-electron chi connectivity index (χ4n) is 1.48. The Kier molecular flexibility index (Phi) is 4.63. The van der Waals surface area contributed by atoms with Crippen molar-refractivity contribution in [1.29, 1.82) is 0 Å². The van der Waals surface area contributed by atoms with Gasteiger partial charge in [-0.05, 0) is 18.6 Å². The molecule has 1 N–H and O–H groups in total. The van der Waals surface area contributed by atoms with Crippen LogP contribution in [0.1, 0.15) is 24.8 Å². The van der Waals surface area contributed by atoms with Crippen LogP contribution in [-0.2, 0) is 9.59 Å². The number of carbonyl (C=O) groups excluding carboxylic acids is 1. The highest BCUT2D eigenvalue weighted by molar-refractivity contribution is 5.83. The van der Waals surface area contributed by atoms with Gasteiger partial charge in [-0.2, -0.15) is 0 Å². The number of hydrogen-bond acceptors (Lipinski definition) is 3. The van der Waals surface area contributed by atoms with Crippen LogP contribution >= 0.6 is 0 Å². The maximum absolute atomic E-state index is 12.0.